The summed E-state index contributed by atoms with van der Waals surface area (Å²) >= 11 is 0. The molecule has 2 fully saturated rings. The van der Waals surface area contributed by atoms with Gasteiger partial charge < -0.3 is 10.2 Å². The number of hydrogen-bond acceptors (Lipinski definition) is 1. The average molecular weight is 210 g/mol. The Balaban J connectivity index is 1.77. The third-order valence-corrected chi connectivity index (χ3v) is 3.92. The fourth-order valence-corrected chi connectivity index (χ4v) is 2.09. The fraction of sp³-hybridized carbons (Fsp3) is 0.917. The predicted octanol–water partition coefficient (Wildman–Crippen LogP) is 2.22. The van der Waals surface area contributed by atoms with Crippen LogP contribution in [-0.2, 0) is 0 Å². The Morgan fingerprint density at radius 2 is 1.73 bits per heavy atom. The van der Waals surface area contributed by atoms with Gasteiger partial charge in [-0.2, -0.15) is 0 Å². The smallest absolute Gasteiger partial charge is 0.317 e. The van der Waals surface area contributed by atoms with Crippen LogP contribution in [0.2, 0.25) is 0 Å². The standard InChI is InChI=1S/C12H22N2O/c1-8(10-4-5-10)13-12(15)14(3)9(2)11-6-7-11/h8-11H,4-7H2,1-3H3,(H,13,15). The van der Waals surface area contributed by atoms with Gasteiger partial charge in [0.1, 0.15) is 0 Å². The van der Waals surface area contributed by atoms with E-state index in [1.165, 1.54) is 25.7 Å². The lowest BCUT2D eigenvalue weighted by Crippen LogP contribution is -2.46. The van der Waals surface area contributed by atoms with Crippen LogP contribution in [0.3, 0.4) is 0 Å². The molecule has 0 aromatic carbocycles. The zero-order valence-electron chi connectivity index (χ0n) is 9.99. The summed E-state index contributed by atoms with van der Waals surface area (Å²) in [6.07, 6.45) is 5.14. The minimum absolute atomic E-state index is 0.105. The highest BCUT2D eigenvalue weighted by molar-refractivity contribution is 5.74. The van der Waals surface area contributed by atoms with Gasteiger partial charge in [-0.1, -0.05) is 0 Å². The third kappa shape index (κ3) is 2.64. The SMILES string of the molecule is CC(NC(=O)N(C)C(C)C1CC1)C1CC1. The second-order valence-electron chi connectivity index (χ2n) is 5.26. The summed E-state index contributed by atoms with van der Waals surface area (Å²) < 4.78 is 0. The Kier molecular flexibility index (Phi) is 2.89. The highest BCUT2D eigenvalue weighted by Crippen LogP contribution is 2.35. The summed E-state index contributed by atoms with van der Waals surface area (Å²) in [4.78, 5) is 13.7. The van der Waals surface area contributed by atoms with Gasteiger partial charge in [0.25, 0.3) is 0 Å². The van der Waals surface area contributed by atoms with E-state index in [0.717, 1.165) is 11.8 Å². The van der Waals surface area contributed by atoms with Gasteiger partial charge in [-0.15, -0.1) is 0 Å². The van der Waals surface area contributed by atoms with Crippen molar-refractivity contribution in [1.29, 1.82) is 0 Å². The summed E-state index contributed by atoms with van der Waals surface area (Å²) in [5, 5.41) is 3.09. The molecule has 0 bridgehead atoms. The van der Waals surface area contributed by atoms with Crippen molar-refractivity contribution in [1.82, 2.24) is 10.2 Å². The first-order valence-electron chi connectivity index (χ1n) is 6.13. The molecule has 3 heteroatoms. The summed E-state index contributed by atoms with van der Waals surface area (Å²) in [7, 11) is 1.91. The second kappa shape index (κ2) is 4.03. The number of rotatable bonds is 4. The van der Waals surface area contributed by atoms with E-state index in [9.17, 15) is 4.79 Å². The highest BCUT2D eigenvalue weighted by Gasteiger charge is 2.34. The molecule has 0 heterocycles. The molecule has 0 radical (unpaired) electrons. The summed E-state index contributed by atoms with van der Waals surface area (Å²) in [5.74, 6) is 1.48. The molecule has 1 N–H and O–H groups in total. The molecule has 2 saturated carbocycles. The number of nitrogens with zero attached hydrogens (tertiary/aromatic N) is 1. The number of carbonyl (C=O) groups excluding carboxylic acids is 1. The van der Waals surface area contributed by atoms with E-state index in [4.69, 9.17) is 0 Å². The maximum absolute atomic E-state index is 11.9. The van der Waals surface area contributed by atoms with Crippen LogP contribution in [0.5, 0.6) is 0 Å². The molecule has 3 nitrogen and oxygen atoms in total. The van der Waals surface area contributed by atoms with Crippen molar-refractivity contribution in [3.63, 3.8) is 0 Å². The topological polar surface area (TPSA) is 32.3 Å². The quantitative estimate of drug-likeness (QED) is 0.758. The molecule has 2 amide bonds. The molecule has 2 atom stereocenters. The lowest BCUT2D eigenvalue weighted by Gasteiger charge is -2.27. The lowest BCUT2D eigenvalue weighted by atomic mass is 10.2. The van der Waals surface area contributed by atoms with Crippen molar-refractivity contribution in [2.75, 3.05) is 7.05 Å². The third-order valence-electron chi connectivity index (χ3n) is 3.92. The van der Waals surface area contributed by atoms with Crippen molar-refractivity contribution in [2.45, 2.75) is 51.6 Å². The number of carbonyl (C=O) groups is 1. The Hall–Kier alpha value is -0.730. The molecule has 15 heavy (non-hydrogen) atoms. The Morgan fingerprint density at radius 1 is 1.20 bits per heavy atom. The van der Waals surface area contributed by atoms with E-state index in [1.54, 1.807) is 0 Å². The Bertz CT molecular complexity index is 246. The van der Waals surface area contributed by atoms with E-state index < -0.39 is 0 Å². The van der Waals surface area contributed by atoms with E-state index in [1.807, 2.05) is 11.9 Å². The van der Waals surface area contributed by atoms with Gasteiger partial charge in [0.05, 0.1) is 0 Å². The minimum Gasteiger partial charge on any atom is -0.335 e. The van der Waals surface area contributed by atoms with Crippen LogP contribution in [0, 0.1) is 11.8 Å². The minimum atomic E-state index is 0.105. The van der Waals surface area contributed by atoms with Crippen LogP contribution in [0.4, 0.5) is 4.79 Å². The normalized spacial score (nSPS) is 24.5. The van der Waals surface area contributed by atoms with Gasteiger partial charge in [-0.3, -0.25) is 0 Å². The molecule has 2 unspecified atom stereocenters. The van der Waals surface area contributed by atoms with Gasteiger partial charge in [0.2, 0.25) is 0 Å². The maximum atomic E-state index is 11.9. The number of amides is 2. The average Bonchev–Trinajstić information content (AvgIpc) is 3.07. The Morgan fingerprint density at radius 3 is 2.20 bits per heavy atom. The molecular weight excluding hydrogens is 188 g/mol. The van der Waals surface area contributed by atoms with E-state index in [2.05, 4.69) is 19.2 Å². The molecule has 0 aromatic rings. The first-order chi connectivity index (χ1) is 7.09. The zero-order chi connectivity index (χ0) is 11.0. The van der Waals surface area contributed by atoms with Crippen molar-refractivity contribution >= 4 is 6.03 Å². The summed E-state index contributed by atoms with van der Waals surface area (Å²) in [6.45, 7) is 4.27. The molecule has 2 rings (SSSR count). The van der Waals surface area contributed by atoms with E-state index >= 15 is 0 Å². The highest BCUT2D eigenvalue weighted by atomic mass is 16.2. The first-order valence-corrected chi connectivity index (χ1v) is 6.13. The van der Waals surface area contributed by atoms with Crippen molar-refractivity contribution in [3.8, 4) is 0 Å². The largest absolute Gasteiger partial charge is 0.335 e. The van der Waals surface area contributed by atoms with E-state index in [0.29, 0.717) is 12.1 Å². The number of hydrogen-bond donors (Lipinski definition) is 1. The molecule has 2 aliphatic rings. The van der Waals surface area contributed by atoms with Crippen molar-refractivity contribution in [2.24, 2.45) is 11.8 Å². The molecule has 86 valence electrons. The van der Waals surface area contributed by atoms with Crippen molar-refractivity contribution < 1.29 is 4.79 Å². The molecular formula is C12H22N2O. The van der Waals surface area contributed by atoms with Gasteiger partial charge in [0, 0.05) is 19.1 Å². The van der Waals surface area contributed by atoms with E-state index in [-0.39, 0.29) is 6.03 Å². The maximum Gasteiger partial charge on any atom is 0.317 e. The molecule has 0 saturated heterocycles. The number of urea groups is 1. The molecule has 0 aliphatic heterocycles. The first kappa shape index (κ1) is 10.8. The van der Waals surface area contributed by atoms with Gasteiger partial charge in [-0.25, -0.2) is 4.79 Å². The van der Waals surface area contributed by atoms with Gasteiger partial charge >= 0.3 is 6.03 Å². The number of nitrogens with one attached hydrogen (secondary N) is 1. The fourth-order valence-electron chi connectivity index (χ4n) is 2.09. The second-order valence-corrected chi connectivity index (χ2v) is 5.26. The Labute approximate surface area is 92.2 Å². The van der Waals surface area contributed by atoms with Crippen LogP contribution in [-0.4, -0.2) is 30.1 Å². The lowest BCUT2D eigenvalue weighted by molar-refractivity contribution is 0.183. The van der Waals surface area contributed by atoms with Crippen molar-refractivity contribution in [3.05, 3.63) is 0 Å². The molecule has 0 aromatic heterocycles. The van der Waals surface area contributed by atoms with Gasteiger partial charge in [-0.05, 0) is 51.4 Å². The van der Waals surface area contributed by atoms with Crippen LogP contribution in [0.1, 0.15) is 39.5 Å². The predicted molar refractivity (Wildman–Crippen MR) is 60.7 cm³/mol. The van der Waals surface area contributed by atoms with Crippen LogP contribution in [0.15, 0.2) is 0 Å². The van der Waals surface area contributed by atoms with Gasteiger partial charge in [0.15, 0.2) is 0 Å². The van der Waals surface area contributed by atoms with Crippen LogP contribution in [0.25, 0.3) is 0 Å². The molecule has 0 spiro atoms. The monoisotopic (exact) mass is 210 g/mol. The zero-order valence-corrected chi connectivity index (χ0v) is 9.99. The van der Waals surface area contributed by atoms with Crippen LogP contribution >= 0.6 is 0 Å². The molecule has 2 aliphatic carbocycles. The summed E-state index contributed by atoms with van der Waals surface area (Å²) in [5.41, 5.74) is 0. The summed E-state index contributed by atoms with van der Waals surface area (Å²) in [6, 6.07) is 0.858. The van der Waals surface area contributed by atoms with Crippen LogP contribution < -0.4 is 5.32 Å².